The highest BCUT2D eigenvalue weighted by atomic mass is 32.2. The Balaban J connectivity index is 2.15. The predicted octanol–water partition coefficient (Wildman–Crippen LogP) is -0.227. The van der Waals surface area contributed by atoms with Crippen LogP contribution in [0.2, 0.25) is 0 Å². The Morgan fingerprint density at radius 1 is 1.50 bits per heavy atom. The third-order valence-electron chi connectivity index (χ3n) is 3.51. The molecular weight excluding hydrogens is 280 g/mol. The Kier molecular flexibility index (Phi) is 4.79. The average molecular weight is 302 g/mol. The van der Waals surface area contributed by atoms with E-state index in [1.54, 1.807) is 18.5 Å². The second-order valence-corrected chi connectivity index (χ2v) is 6.80. The van der Waals surface area contributed by atoms with Gasteiger partial charge in [-0.2, -0.15) is 5.10 Å². The molecule has 1 fully saturated rings. The molecule has 0 saturated carbocycles. The van der Waals surface area contributed by atoms with Crippen molar-refractivity contribution in [3.05, 3.63) is 11.4 Å². The fourth-order valence-corrected chi connectivity index (χ4v) is 3.98. The first-order chi connectivity index (χ1) is 9.45. The van der Waals surface area contributed by atoms with Crippen molar-refractivity contribution in [1.29, 1.82) is 0 Å². The van der Waals surface area contributed by atoms with Crippen LogP contribution in [-0.4, -0.2) is 44.5 Å². The Hall–Kier alpha value is -0.960. The Bertz CT molecular complexity index is 562. The van der Waals surface area contributed by atoms with E-state index in [1.807, 2.05) is 0 Å². The van der Waals surface area contributed by atoms with Crippen molar-refractivity contribution in [2.75, 3.05) is 26.3 Å². The normalized spacial score (nSPS) is 19.6. The summed E-state index contributed by atoms with van der Waals surface area (Å²) in [6.45, 7) is 6.12. The van der Waals surface area contributed by atoms with Gasteiger partial charge >= 0.3 is 0 Å². The van der Waals surface area contributed by atoms with Crippen LogP contribution >= 0.6 is 0 Å². The van der Waals surface area contributed by atoms with Gasteiger partial charge in [-0.25, -0.2) is 13.1 Å². The van der Waals surface area contributed by atoms with Gasteiger partial charge in [0, 0.05) is 19.7 Å². The zero-order valence-corrected chi connectivity index (χ0v) is 12.7. The minimum absolute atomic E-state index is 0.254. The number of hydrogen-bond donors (Lipinski definition) is 2. The number of nitrogens with two attached hydrogens (primary N) is 1. The molecule has 0 radical (unpaired) electrons. The number of rotatable bonds is 6. The fourth-order valence-electron chi connectivity index (χ4n) is 2.45. The highest BCUT2D eigenvalue weighted by Crippen LogP contribution is 2.20. The van der Waals surface area contributed by atoms with Gasteiger partial charge in [-0.05, 0) is 26.2 Å². The summed E-state index contributed by atoms with van der Waals surface area (Å²) in [5.74, 6) is 0.254. The first-order valence-corrected chi connectivity index (χ1v) is 8.25. The lowest BCUT2D eigenvalue weighted by Gasteiger charge is -2.10. The molecule has 2 heterocycles. The number of aryl methyl sites for hydroxylation is 1. The molecule has 1 aromatic rings. The zero-order chi connectivity index (χ0) is 14.8. The molecule has 1 unspecified atom stereocenters. The molecule has 7 nitrogen and oxygen atoms in total. The van der Waals surface area contributed by atoms with E-state index in [1.165, 1.54) is 0 Å². The number of nitrogens with zero attached hydrogens (tertiary/aromatic N) is 2. The fraction of sp³-hybridized carbons (Fsp3) is 0.750. The Morgan fingerprint density at radius 3 is 2.85 bits per heavy atom. The summed E-state index contributed by atoms with van der Waals surface area (Å²) in [5, 5.41) is 4.24. The maximum atomic E-state index is 12.4. The van der Waals surface area contributed by atoms with E-state index < -0.39 is 10.0 Å². The summed E-state index contributed by atoms with van der Waals surface area (Å²) in [6.07, 6.45) is 0.896. The number of ether oxygens (including phenoxy) is 1. The molecular formula is C12H22N4O3S. The molecule has 1 atom stereocenters. The van der Waals surface area contributed by atoms with Crippen LogP contribution in [0.4, 0.5) is 0 Å². The molecule has 0 bridgehead atoms. The lowest BCUT2D eigenvalue weighted by molar-refractivity contribution is 0.186. The van der Waals surface area contributed by atoms with Crippen LogP contribution < -0.4 is 10.5 Å². The summed E-state index contributed by atoms with van der Waals surface area (Å²) >= 11 is 0. The molecule has 1 saturated heterocycles. The van der Waals surface area contributed by atoms with Crippen molar-refractivity contribution in [2.45, 2.75) is 31.7 Å². The van der Waals surface area contributed by atoms with Gasteiger partial charge in [-0.1, -0.05) is 0 Å². The van der Waals surface area contributed by atoms with Gasteiger partial charge in [0.25, 0.3) is 0 Å². The molecule has 1 aromatic heterocycles. The summed E-state index contributed by atoms with van der Waals surface area (Å²) in [5.41, 5.74) is 6.63. The van der Waals surface area contributed by atoms with Crippen LogP contribution in [0, 0.1) is 19.8 Å². The van der Waals surface area contributed by atoms with Gasteiger partial charge in [-0.3, -0.25) is 4.68 Å². The van der Waals surface area contributed by atoms with Crippen LogP contribution in [0.1, 0.15) is 17.8 Å². The summed E-state index contributed by atoms with van der Waals surface area (Å²) in [6, 6.07) is 0. The monoisotopic (exact) mass is 302 g/mol. The number of sulfonamides is 1. The van der Waals surface area contributed by atoms with E-state index in [4.69, 9.17) is 10.5 Å². The zero-order valence-electron chi connectivity index (χ0n) is 11.9. The molecule has 1 aliphatic heterocycles. The van der Waals surface area contributed by atoms with Crippen molar-refractivity contribution in [2.24, 2.45) is 11.7 Å². The molecule has 2 rings (SSSR count). The first-order valence-electron chi connectivity index (χ1n) is 6.77. The summed E-state index contributed by atoms with van der Waals surface area (Å²) in [7, 11) is -3.54. The van der Waals surface area contributed by atoms with Gasteiger partial charge in [0.2, 0.25) is 10.0 Å². The second kappa shape index (κ2) is 6.21. The first kappa shape index (κ1) is 15.4. The molecule has 0 spiro atoms. The number of nitrogens with one attached hydrogen (secondary N) is 1. The molecule has 8 heteroatoms. The standard InChI is InChI=1S/C12H22N4O3S/c1-9-12(10(2)16(15-9)5-4-13)20(17,18)14-7-11-3-6-19-8-11/h11,14H,3-8,13H2,1-2H3. The van der Waals surface area contributed by atoms with Gasteiger partial charge in [0.15, 0.2) is 0 Å². The van der Waals surface area contributed by atoms with Crippen LogP contribution in [0.3, 0.4) is 0 Å². The topological polar surface area (TPSA) is 99.2 Å². The minimum atomic E-state index is -3.54. The Labute approximate surface area is 119 Å². The number of aromatic nitrogens is 2. The SMILES string of the molecule is Cc1nn(CCN)c(C)c1S(=O)(=O)NCC1CCOC1. The summed E-state index contributed by atoms with van der Waals surface area (Å²) in [4.78, 5) is 0.268. The molecule has 0 aromatic carbocycles. The van der Waals surface area contributed by atoms with Gasteiger partial charge in [0.05, 0.1) is 24.5 Å². The van der Waals surface area contributed by atoms with E-state index >= 15 is 0 Å². The molecule has 20 heavy (non-hydrogen) atoms. The van der Waals surface area contributed by atoms with E-state index in [0.717, 1.165) is 6.42 Å². The van der Waals surface area contributed by atoms with Crippen molar-refractivity contribution < 1.29 is 13.2 Å². The average Bonchev–Trinajstić information content (AvgIpc) is 2.97. The predicted molar refractivity (Wildman–Crippen MR) is 74.9 cm³/mol. The second-order valence-electron chi connectivity index (χ2n) is 5.09. The third kappa shape index (κ3) is 3.20. The van der Waals surface area contributed by atoms with Crippen molar-refractivity contribution in [3.63, 3.8) is 0 Å². The van der Waals surface area contributed by atoms with Crippen molar-refractivity contribution >= 4 is 10.0 Å². The van der Waals surface area contributed by atoms with E-state index in [0.29, 0.717) is 44.2 Å². The quantitative estimate of drug-likeness (QED) is 0.756. The van der Waals surface area contributed by atoms with Gasteiger partial charge in [-0.15, -0.1) is 0 Å². The molecule has 3 N–H and O–H groups in total. The van der Waals surface area contributed by atoms with Crippen LogP contribution in [0.5, 0.6) is 0 Å². The lowest BCUT2D eigenvalue weighted by Crippen LogP contribution is -2.30. The highest BCUT2D eigenvalue weighted by Gasteiger charge is 2.26. The van der Waals surface area contributed by atoms with E-state index in [2.05, 4.69) is 9.82 Å². The van der Waals surface area contributed by atoms with Gasteiger partial charge in [0.1, 0.15) is 4.90 Å². The minimum Gasteiger partial charge on any atom is -0.381 e. The van der Waals surface area contributed by atoms with E-state index in [-0.39, 0.29) is 10.8 Å². The molecule has 114 valence electrons. The highest BCUT2D eigenvalue weighted by molar-refractivity contribution is 7.89. The number of hydrogen-bond acceptors (Lipinski definition) is 5. The van der Waals surface area contributed by atoms with Gasteiger partial charge < -0.3 is 10.5 Å². The van der Waals surface area contributed by atoms with Crippen LogP contribution in [0.25, 0.3) is 0 Å². The third-order valence-corrected chi connectivity index (χ3v) is 5.19. The molecule has 0 amide bonds. The lowest BCUT2D eigenvalue weighted by atomic mass is 10.1. The largest absolute Gasteiger partial charge is 0.381 e. The van der Waals surface area contributed by atoms with Crippen LogP contribution in [-0.2, 0) is 21.3 Å². The van der Waals surface area contributed by atoms with Crippen molar-refractivity contribution in [1.82, 2.24) is 14.5 Å². The summed E-state index contributed by atoms with van der Waals surface area (Å²) < 4.78 is 34.4. The van der Waals surface area contributed by atoms with Crippen molar-refractivity contribution in [3.8, 4) is 0 Å². The molecule has 0 aliphatic carbocycles. The molecule has 1 aliphatic rings. The maximum absolute atomic E-state index is 12.4. The maximum Gasteiger partial charge on any atom is 0.244 e. The Morgan fingerprint density at radius 2 is 2.25 bits per heavy atom. The van der Waals surface area contributed by atoms with E-state index in [9.17, 15) is 8.42 Å². The van der Waals surface area contributed by atoms with Crippen LogP contribution in [0.15, 0.2) is 4.90 Å². The smallest absolute Gasteiger partial charge is 0.244 e.